The zero-order chi connectivity index (χ0) is 26.3. The number of carbonyl (C=O) groups excluding carboxylic acids is 1. The van der Waals surface area contributed by atoms with E-state index >= 15 is 0 Å². The lowest BCUT2D eigenvalue weighted by Crippen LogP contribution is -2.09. The molecule has 0 aliphatic rings. The number of aromatic nitrogens is 2. The molecule has 0 radical (unpaired) electrons. The molecule has 0 saturated heterocycles. The molecule has 8 nitrogen and oxygen atoms in total. The molecule has 3 heterocycles. The largest absolute Gasteiger partial charge is 0.455 e. The van der Waals surface area contributed by atoms with Gasteiger partial charge in [-0.2, -0.15) is 21.6 Å². The Balaban J connectivity index is 0.000000214. The van der Waals surface area contributed by atoms with Gasteiger partial charge in [0.2, 0.25) is 11.5 Å². The Morgan fingerprint density at radius 3 is 2.46 bits per heavy atom. The number of benzene rings is 1. The number of anilines is 1. The average Bonchev–Trinajstić information content (AvgIpc) is 3.34. The van der Waals surface area contributed by atoms with Crippen molar-refractivity contribution in [2.45, 2.75) is 18.0 Å². The molecule has 0 bridgehead atoms. The lowest BCUT2D eigenvalue weighted by Gasteiger charge is -2.05. The Labute approximate surface area is 198 Å². The fraction of sp³-hybridized carbons (Fsp3) is 0.100. The van der Waals surface area contributed by atoms with Gasteiger partial charge in [-0.25, -0.2) is 13.8 Å². The summed E-state index contributed by atoms with van der Waals surface area (Å²) < 4.78 is 97.7. The van der Waals surface area contributed by atoms with E-state index in [4.69, 9.17) is 21.9 Å². The Hall–Kier alpha value is -3.49. The van der Waals surface area contributed by atoms with Gasteiger partial charge in [0.15, 0.2) is 5.82 Å². The van der Waals surface area contributed by atoms with E-state index < -0.39 is 49.9 Å². The zero-order valence-electron chi connectivity index (χ0n) is 17.2. The van der Waals surface area contributed by atoms with Gasteiger partial charge in [-0.15, -0.1) is 0 Å². The number of furan rings is 1. The minimum absolute atomic E-state index is 0.0726. The molecular weight excluding hydrogens is 525 g/mol. The summed E-state index contributed by atoms with van der Waals surface area (Å²) in [6, 6.07) is 4.12. The number of nitrogens with zero attached hydrogens (tertiary/aromatic N) is 1. The SMILES string of the molecule is Cc1cc(S(=O)(=O)O)c(C(F)(F)F)o1.Nc1ccc(F)c(C(=O)c2c[nH]c3ncc(Cl)cc23)c1F. The summed E-state index contributed by atoms with van der Waals surface area (Å²) in [6.45, 7) is 1.14. The number of rotatable bonds is 3. The van der Waals surface area contributed by atoms with Crippen LogP contribution in [-0.4, -0.2) is 28.7 Å². The minimum atomic E-state index is -4.95. The zero-order valence-corrected chi connectivity index (χ0v) is 18.8. The number of ketones is 1. The second kappa shape index (κ2) is 9.28. The summed E-state index contributed by atoms with van der Waals surface area (Å²) in [5, 5.41) is 0.693. The van der Waals surface area contributed by atoms with Gasteiger partial charge >= 0.3 is 6.18 Å². The molecular formula is C20H13ClF5N3O5S. The van der Waals surface area contributed by atoms with Crippen LogP contribution in [0.25, 0.3) is 11.0 Å². The first-order valence-corrected chi connectivity index (χ1v) is 11.0. The molecule has 0 aliphatic carbocycles. The summed E-state index contributed by atoms with van der Waals surface area (Å²) in [6.07, 6.45) is -2.21. The summed E-state index contributed by atoms with van der Waals surface area (Å²) >= 11 is 5.83. The molecule has 1 aromatic carbocycles. The minimum Gasteiger partial charge on any atom is -0.455 e. The Morgan fingerprint density at radius 2 is 1.89 bits per heavy atom. The van der Waals surface area contributed by atoms with Gasteiger partial charge in [0.1, 0.15) is 22.1 Å². The van der Waals surface area contributed by atoms with E-state index in [1.807, 2.05) is 0 Å². The number of hydrogen-bond donors (Lipinski definition) is 3. The van der Waals surface area contributed by atoms with Crippen LogP contribution in [0.5, 0.6) is 0 Å². The molecule has 35 heavy (non-hydrogen) atoms. The van der Waals surface area contributed by atoms with Crippen molar-refractivity contribution >= 4 is 44.2 Å². The van der Waals surface area contributed by atoms with Crippen LogP contribution < -0.4 is 5.73 Å². The summed E-state index contributed by atoms with van der Waals surface area (Å²) in [4.78, 5) is 17.9. The number of nitrogen functional groups attached to an aromatic ring is 1. The third-order valence-electron chi connectivity index (χ3n) is 4.45. The third-order valence-corrected chi connectivity index (χ3v) is 5.51. The molecule has 186 valence electrons. The Morgan fingerprint density at radius 1 is 1.23 bits per heavy atom. The predicted molar refractivity (Wildman–Crippen MR) is 114 cm³/mol. The van der Waals surface area contributed by atoms with Crippen LogP contribution in [0.2, 0.25) is 5.02 Å². The number of H-pyrrole nitrogens is 1. The number of nitrogens with one attached hydrogen (secondary N) is 1. The van der Waals surface area contributed by atoms with Gasteiger partial charge < -0.3 is 15.1 Å². The second-order valence-electron chi connectivity index (χ2n) is 6.93. The van der Waals surface area contributed by atoms with Crippen LogP contribution in [0.15, 0.2) is 46.0 Å². The molecule has 4 rings (SSSR count). The van der Waals surface area contributed by atoms with E-state index in [9.17, 15) is 35.2 Å². The van der Waals surface area contributed by atoms with Gasteiger partial charge in [0.05, 0.1) is 16.3 Å². The number of halogens is 6. The number of carbonyl (C=O) groups is 1. The fourth-order valence-electron chi connectivity index (χ4n) is 2.96. The highest BCUT2D eigenvalue weighted by Crippen LogP contribution is 2.36. The van der Waals surface area contributed by atoms with Crippen molar-refractivity contribution in [1.29, 1.82) is 0 Å². The van der Waals surface area contributed by atoms with Crippen LogP contribution in [0, 0.1) is 18.6 Å². The lowest BCUT2D eigenvalue weighted by molar-refractivity contribution is -0.156. The van der Waals surface area contributed by atoms with Crippen molar-refractivity contribution in [3.63, 3.8) is 0 Å². The first kappa shape index (κ1) is 26.1. The van der Waals surface area contributed by atoms with Crippen molar-refractivity contribution < 1.29 is 44.1 Å². The van der Waals surface area contributed by atoms with Gasteiger partial charge in [0.25, 0.3) is 10.1 Å². The molecule has 0 aliphatic heterocycles. The van der Waals surface area contributed by atoms with Gasteiger partial charge in [-0.3, -0.25) is 9.35 Å². The normalized spacial score (nSPS) is 11.9. The first-order valence-electron chi connectivity index (χ1n) is 9.17. The maximum Gasteiger partial charge on any atom is 0.450 e. The van der Waals surface area contributed by atoms with E-state index in [1.54, 1.807) is 0 Å². The maximum absolute atomic E-state index is 13.9. The molecule has 0 unspecified atom stereocenters. The number of fused-ring (bicyclic) bond motifs is 1. The van der Waals surface area contributed by atoms with E-state index in [1.165, 1.54) is 18.5 Å². The number of aryl methyl sites for hydroxylation is 1. The van der Waals surface area contributed by atoms with Crippen LogP contribution >= 0.6 is 11.6 Å². The van der Waals surface area contributed by atoms with Crippen molar-refractivity contribution in [1.82, 2.24) is 9.97 Å². The Kier molecular flexibility index (Phi) is 6.93. The molecule has 0 amide bonds. The monoisotopic (exact) mass is 537 g/mol. The summed E-state index contributed by atoms with van der Waals surface area (Å²) in [5.41, 5.74) is 4.86. The van der Waals surface area contributed by atoms with E-state index in [-0.39, 0.29) is 17.0 Å². The quantitative estimate of drug-likeness (QED) is 0.142. The third kappa shape index (κ3) is 5.44. The first-order chi connectivity index (χ1) is 16.1. The maximum atomic E-state index is 13.9. The number of pyridine rings is 1. The van der Waals surface area contributed by atoms with E-state index in [2.05, 4.69) is 14.4 Å². The van der Waals surface area contributed by atoms with Crippen molar-refractivity contribution in [3.8, 4) is 0 Å². The molecule has 0 saturated carbocycles. The molecule has 4 aromatic rings. The molecule has 0 atom stereocenters. The van der Waals surface area contributed by atoms with Crippen molar-refractivity contribution in [3.05, 3.63) is 76.0 Å². The van der Waals surface area contributed by atoms with Gasteiger partial charge in [-0.1, -0.05) is 11.6 Å². The Bertz CT molecular complexity index is 1550. The molecule has 0 fully saturated rings. The van der Waals surface area contributed by atoms with Crippen LogP contribution in [0.1, 0.15) is 27.4 Å². The number of hydrogen-bond acceptors (Lipinski definition) is 6. The number of nitrogens with two attached hydrogens (primary N) is 1. The van der Waals surface area contributed by atoms with E-state index in [0.29, 0.717) is 22.1 Å². The average molecular weight is 538 g/mol. The van der Waals surface area contributed by atoms with Crippen LogP contribution in [-0.2, 0) is 16.3 Å². The van der Waals surface area contributed by atoms with E-state index in [0.717, 1.165) is 19.1 Å². The number of alkyl halides is 3. The molecule has 0 spiro atoms. The van der Waals surface area contributed by atoms with Crippen LogP contribution in [0.3, 0.4) is 0 Å². The standard InChI is InChI=1S/C14H8ClF2N3O.C6H5F3O4S/c15-6-3-7-8(5-20-14(7)19-4-6)13(21)11-9(16)1-2-10(18)12(11)17;1-3-2-4(14(10,11)12)5(13-3)6(7,8)9/h1-5H,18H2,(H,19,20);2H,1H3,(H,10,11,12). The number of aromatic amines is 1. The van der Waals surface area contributed by atoms with Crippen molar-refractivity contribution in [2.24, 2.45) is 0 Å². The molecule has 3 aromatic heterocycles. The highest BCUT2D eigenvalue weighted by molar-refractivity contribution is 7.85. The summed E-state index contributed by atoms with van der Waals surface area (Å²) in [5.74, 6) is -4.84. The highest BCUT2D eigenvalue weighted by atomic mass is 35.5. The molecule has 15 heteroatoms. The lowest BCUT2D eigenvalue weighted by atomic mass is 10.0. The highest BCUT2D eigenvalue weighted by Gasteiger charge is 2.41. The van der Waals surface area contributed by atoms with Crippen molar-refractivity contribution in [2.75, 3.05) is 5.73 Å². The topological polar surface area (TPSA) is 139 Å². The predicted octanol–water partition coefficient (Wildman–Crippen LogP) is 5.16. The smallest absolute Gasteiger partial charge is 0.450 e. The van der Waals surface area contributed by atoms with Gasteiger partial charge in [0, 0.05) is 29.4 Å². The van der Waals surface area contributed by atoms with Gasteiger partial charge in [-0.05, 0) is 25.1 Å². The summed E-state index contributed by atoms with van der Waals surface area (Å²) in [7, 11) is -4.91. The second-order valence-corrected chi connectivity index (χ2v) is 8.76. The van der Waals surface area contributed by atoms with Crippen LogP contribution in [0.4, 0.5) is 27.6 Å². The molecule has 4 N–H and O–H groups in total. The fourth-order valence-corrected chi connectivity index (χ4v) is 3.82.